The van der Waals surface area contributed by atoms with Gasteiger partial charge in [-0.1, -0.05) is 25.1 Å². The van der Waals surface area contributed by atoms with Crippen molar-refractivity contribution >= 4 is 28.9 Å². The van der Waals surface area contributed by atoms with Crippen LogP contribution in [-0.2, 0) is 13.0 Å². The molecule has 0 fully saturated rings. The standard InChI is InChI=1S/C15H15N5S/c1-3-13-17-18-15-20(13)16-9-11-10-7-5-6-8-12(10)19(4-2)14(11)21-15/h5-9H,3-4H2,1-2H3. The number of hydrogen-bond acceptors (Lipinski definition) is 4. The van der Waals surface area contributed by atoms with Crippen molar-refractivity contribution in [3.05, 3.63) is 35.7 Å². The number of benzene rings is 1. The molecule has 6 heteroatoms. The van der Waals surface area contributed by atoms with Gasteiger partial charge in [0, 0.05) is 29.4 Å². The largest absolute Gasteiger partial charge is 0.335 e. The minimum Gasteiger partial charge on any atom is -0.335 e. The van der Waals surface area contributed by atoms with E-state index in [1.165, 1.54) is 21.5 Å². The van der Waals surface area contributed by atoms with Crippen molar-refractivity contribution in [3.8, 4) is 0 Å². The van der Waals surface area contributed by atoms with Crippen LogP contribution in [0.2, 0.25) is 0 Å². The lowest BCUT2D eigenvalue weighted by Gasteiger charge is -2.06. The van der Waals surface area contributed by atoms with Crippen LogP contribution < -0.4 is 0 Å². The highest BCUT2D eigenvalue weighted by Crippen LogP contribution is 2.37. The van der Waals surface area contributed by atoms with E-state index in [2.05, 4.69) is 58.0 Å². The van der Waals surface area contributed by atoms with E-state index in [4.69, 9.17) is 0 Å². The van der Waals surface area contributed by atoms with Crippen LogP contribution in [0.4, 0.5) is 0 Å². The van der Waals surface area contributed by atoms with Crippen LogP contribution in [0.25, 0.3) is 10.9 Å². The zero-order valence-corrected chi connectivity index (χ0v) is 12.8. The molecule has 3 aromatic rings. The predicted octanol–water partition coefficient (Wildman–Crippen LogP) is 3.16. The molecule has 4 rings (SSSR count). The lowest BCUT2D eigenvalue weighted by Crippen LogP contribution is -1.98. The van der Waals surface area contributed by atoms with Gasteiger partial charge < -0.3 is 4.57 Å². The molecule has 1 aliphatic rings. The average molecular weight is 297 g/mol. The average Bonchev–Trinajstić information content (AvgIpc) is 2.98. The van der Waals surface area contributed by atoms with Gasteiger partial charge in [0.05, 0.1) is 11.2 Å². The molecule has 0 radical (unpaired) electrons. The van der Waals surface area contributed by atoms with Crippen LogP contribution in [0.15, 0.2) is 39.5 Å². The zero-order valence-electron chi connectivity index (χ0n) is 11.9. The first kappa shape index (κ1) is 12.6. The molecule has 0 N–H and O–H groups in total. The van der Waals surface area contributed by atoms with Crippen LogP contribution in [0.3, 0.4) is 0 Å². The number of aromatic nitrogens is 4. The number of hydrogen-bond donors (Lipinski definition) is 0. The number of aryl methyl sites for hydroxylation is 2. The third-order valence-corrected chi connectivity index (χ3v) is 4.83. The monoisotopic (exact) mass is 297 g/mol. The summed E-state index contributed by atoms with van der Waals surface area (Å²) in [5.74, 6) is 0.895. The molecular weight excluding hydrogens is 282 g/mol. The lowest BCUT2D eigenvalue weighted by atomic mass is 10.2. The van der Waals surface area contributed by atoms with Crippen molar-refractivity contribution in [2.75, 3.05) is 0 Å². The normalized spacial score (nSPS) is 13.2. The smallest absolute Gasteiger partial charge is 0.218 e. The van der Waals surface area contributed by atoms with Gasteiger partial charge in [-0.05, 0) is 24.8 Å². The Balaban J connectivity index is 2.00. The van der Waals surface area contributed by atoms with Gasteiger partial charge in [0.2, 0.25) is 5.16 Å². The summed E-state index contributed by atoms with van der Waals surface area (Å²) >= 11 is 1.64. The van der Waals surface area contributed by atoms with Crippen LogP contribution in [0.5, 0.6) is 0 Å². The van der Waals surface area contributed by atoms with E-state index in [-0.39, 0.29) is 0 Å². The van der Waals surface area contributed by atoms with Crippen molar-refractivity contribution in [1.29, 1.82) is 0 Å². The van der Waals surface area contributed by atoms with Crippen LogP contribution in [0.1, 0.15) is 25.2 Å². The van der Waals surface area contributed by atoms with E-state index < -0.39 is 0 Å². The molecule has 2 aromatic heterocycles. The van der Waals surface area contributed by atoms with Crippen molar-refractivity contribution in [1.82, 2.24) is 19.4 Å². The predicted molar refractivity (Wildman–Crippen MR) is 84.1 cm³/mol. The number of para-hydroxylation sites is 1. The molecule has 0 spiro atoms. The summed E-state index contributed by atoms with van der Waals surface area (Å²) in [5, 5.41) is 16.3. The van der Waals surface area contributed by atoms with Gasteiger partial charge in [-0.2, -0.15) is 9.78 Å². The first-order valence-corrected chi connectivity index (χ1v) is 7.92. The second-order valence-electron chi connectivity index (χ2n) is 4.89. The Morgan fingerprint density at radius 2 is 2.00 bits per heavy atom. The van der Waals surface area contributed by atoms with Gasteiger partial charge in [-0.15, -0.1) is 10.2 Å². The van der Waals surface area contributed by atoms with Gasteiger partial charge in [0.1, 0.15) is 0 Å². The van der Waals surface area contributed by atoms with Gasteiger partial charge in [-0.25, -0.2) is 0 Å². The van der Waals surface area contributed by atoms with E-state index >= 15 is 0 Å². The maximum absolute atomic E-state index is 4.59. The minimum atomic E-state index is 0.823. The van der Waals surface area contributed by atoms with Crippen molar-refractivity contribution in [2.24, 2.45) is 5.10 Å². The van der Waals surface area contributed by atoms with Crippen molar-refractivity contribution < 1.29 is 0 Å². The van der Waals surface area contributed by atoms with E-state index in [1.54, 1.807) is 11.8 Å². The molecule has 1 aromatic carbocycles. The second-order valence-corrected chi connectivity index (χ2v) is 5.85. The van der Waals surface area contributed by atoms with Crippen LogP contribution in [-0.4, -0.2) is 25.7 Å². The second kappa shape index (κ2) is 4.73. The summed E-state index contributed by atoms with van der Waals surface area (Å²) in [6.45, 7) is 5.15. The molecule has 1 aliphatic heterocycles. The third kappa shape index (κ3) is 1.75. The minimum absolute atomic E-state index is 0.823. The molecule has 3 heterocycles. The first-order valence-electron chi connectivity index (χ1n) is 7.11. The Morgan fingerprint density at radius 1 is 1.14 bits per heavy atom. The molecule has 0 saturated heterocycles. The Morgan fingerprint density at radius 3 is 2.81 bits per heavy atom. The first-order chi connectivity index (χ1) is 10.3. The molecule has 0 atom stereocenters. The SMILES string of the molecule is CCc1nnc2n1N=Cc1c(n(CC)c3ccccc13)S2. The Kier molecular flexibility index (Phi) is 2.85. The number of nitrogens with zero attached hydrogens (tertiary/aromatic N) is 5. The summed E-state index contributed by atoms with van der Waals surface area (Å²) < 4.78 is 4.16. The van der Waals surface area contributed by atoms with Gasteiger partial charge in [0.15, 0.2) is 5.82 Å². The summed E-state index contributed by atoms with van der Waals surface area (Å²) in [5.41, 5.74) is 2.41. The highest BCUT2D eigenvalue weighted by Gasteiger charge is 2.22. The van der Waals surface area contributed by atoms with E-state index in [0.29, 0.717) is 0 Å². The molecule has 0 unspecified atom stereocenters. The van der Waals surface area contributed by atoms with Crippen LogP contribution in [0, 0.1) is 0 Å². The maximum Gasteiger partial charge on any atom is 0.218 e. The lowest BCUT2D eigenvalue weighted by molar-refractivity contribution is 0.714. The molecule has 0 aliphatic carbocycles. The quantitative estimate of drug-likeness (QED) is 0.571. The van der Waals surface area contributed by atoms with Gasteiger partial charge in [-0.3, -0.25) is 0 Å². The van der Waals surface area contributed by atoms with E-state index in [9.17, 15) is 0 Å². The highest BCUT2D eigenvalue weighted by atomic mass is 32.2. The van der Waals surface area contributed by atoms with Gasteiger partial charge in [0.25, 0.3) is 0 Å². The Hall–Kier alpha value is -2.08. The maximum atomic E-state index is 4.59. The molecule has 21 heavy (non-hydrogen) atoms. The van der Waals surface area contributed by atoms with E-state index in [1.807, 2.05) is 10.9 Å². The summed E-state index contributed by atoms with van der Waals surface area (Å²) in [4.78, 5) is 0. The molecule has 5 nitrogen and oxygen atoms in total. The summed E-state index contributed by atoms with van der Waals surface area (Å²) in [6.07, 6.45) is 2.76. The molecule has 0 amide bonds. The third-order valence-electron chi connectivity index (χ3n) is 3.76. The van der Waals surface area contributed by atoms with Crippen LogP contribution >= 0.6 is 11.8 Å². The van der Waals surface area contributed by atoms with Crippen molar-refractivity contribution in [2.45, 2.75) is 37.0 Å². The fourth-order valence-electron chi connectivity index (χ4n) is 2.75. The topological polar surface area (TPSA) is 48.0 Å². The molecule has 0 saturated carbocycles. The Labute approximate surface area is 126 Å². The summed E-state index contributed by atoms with van der Waals surface area (Å²) in [6, 6.07) is 8.46. The van der Waals surface area contributed by atoms with Gasteiger partial charge >= 0.3 is 0 Å². The fourth-order valence-corrected chi connectivity index (χ4v) is 3.86. The molecule has 106 valence electrons. The van der Waals surface area contributed by atoms with E-state index in [0.717, 1.165) is 23.9 Å². The molecule has 0 bridgehead atoms. The highest BCUT2D eigenvalue weighted by molar-refractivity contribution is 7.99. The molecular formula is C15H15N5S. The Bertz CT molecular complexity index is 858. The number of fused-ring (bicyclic) bond motifs is 4. The zero-order chi connectivity index (χ0) is 14.4. The van der Waals surface area contributed by atoms with Crippen molar-refractivity contribution in [3.63, 3.8) is 0 Å². The number of rotatable bonds is 2. The fraction of sp³-hybridized carbons (Fsp3) is 0.267. The summed E-state index contributed by atoms with van der Waals surface area (Å²) in [7, 11) is 0.